The Morgan fingerprint density at radius 1 is 1.00 bits per heavy atom. The molecule has 0 aromatic heterocycles. The molecule has 8 nitrogen and oxygen atoms in total. The van der Waals surface area contributed by atoms with E-state index in [0.29, 0.717) is 13.1 Å². The average molecular weight is 520 g/mol. The van der Waals surface area contributed by atoms with Crippen LogP contribution in [0.3, 0.4) is 0 Å². The summed E-state index contributed by atoms with van der Waals surface area (Å²) in [5.41, 5.74) is 1.01. The standard InChI is InChI=1S/C20H36N6O2.HI/c1-17(2)14-21-20(22-15-18(27)23(3)4)26-12-10-24(11-13-26)16-19(28)25-8-6-5-7-9-25;/h1,5-16H2,2-4H3,(H,21,22);1H. The van der Waals surface area contributed by atoms with Crippen LogP contribution < -0.4 is 5.32 Å². The van der Waals surface area contributed by atoms with Crippen LogP contribution in [0.5, 0.6) is 0 Å². The van der Waals surface area contributed by atoms with Gasteiger partial charge in [0, 0.05) is 59.9 Å². The lowest BCUT2D eigenvalue weighted by atomic mass is 10.1. The molecule has 2 heterocycles. The minimum absolute atomic E-state index is 0. The van der Waals surface area contributed by atoms with Gasteiger partial charge in [0.2, 0.25) is 11.8 Å². The van der Waals surface area contributed by atoms with Crippen LogP contribution in [-0.2, 0) is 9.59 Å². The molecule has 2 amide bonds. The van der Waals surface area contributed by atoms with E-state index >= 15 is 0 Å². The molecule has 0 aromatic rings. The zero-order valence-electron chi connectivity index (χ0n) is 18.2. The predicted molar refractivity (Wildman–Crippen MR) is 128 cm³/mol. The molecule has 0 spiro atoms. The number of carbonyl (C=O) groups excluding carboxylic acids is 2. The van der Waals surface area contributed by atoms with E-state index in [1.54, 1.807) is 19.0 Å². The molecule has 2 rings (SSSR count). The van der Waals surface area contributed by atoms with Gasteiger partial charge in [0.15, 0.2) is 5.96 Å². The number of piperidine rings is 1. The van der Waals surface area contributed by atoms with Crippen LogP contribution in [0.4, 0.5) is 0 Å². The highest BCUT2D eigenvalue weighted by Gasteiger charge is 2.24. The second-order valence-corrected chi connectivity index (χ2v) is 7.94. The second-order valence-electron chi connectivity index (χ2n) is 7.94. The van der Waals surface area contributed by atoms with E-state index in [0.717, 1.165) is 63.6 Å². The minimum Gasteiger partial charge on any atom is -0.353 e. The fourth-order valence-electron chi connectivity index (χ4n) is 3.33. The number of likely N-dealkylation sites (N-methyl/N-ethyl adjacent to an activating group) is 1. The first-order valence-corrected chi connectivity index (χ1v) is 10.2. The Kier molecular flexibility index (Phi) is 11.6. The van der Waals surface area contributed by atoms with Gasteiger partial charge < -0.3 is 20.0 Å². The van der Waals surface area contributed by atoms with Crippen LogP contribution in [0, 0.1) is 0 Å². The first-order valence-electron chi connectivity index (χ1n) is 10.2. The fraction of sp³-hybridized carbons (Fsp3) is 0.750. The number of nitrogens with zero attached hydrogens (tertiary/aromatic N) is 5. The predicted octanol–water partition coefficient (Wildman–Crippen LogP) is 0.844. The molecule has 9 heteroatoms. The number of amides is 2. The fourth-order valence-corrected chi connectivity index (χ4v) is 3.33. The van der Waals surface area contributed by atoms with E-state index in [9.17, 15) is 9.59 Å². The van der Waals surface area contributed by atoms with E-state index in [1.807, 2.05) is 11.8 Å². The molecule has 0 aromatic carbocycles. The molecule has 29 heavy (non-hydrogen) atoms. The average Bonchev–Trinajstić information content (AvgIpc) is 2.69. The molecule has 0 bridgehead atoms. The summed E-state index contributed by atoms with van der Waals surface area (Å²) in [6, 6.07) is 0. The van der Waals surface area contributed by atoms with Crippen molar-refractivity contribution in [2.75, 3.05) is 73.0 Å². The Bertz CT molecular complexity index is 582. The maximum atomic E-state index is 12.5. The molecule has 0 unspecified atom stereocenters. The summed E-state index contributed by atoms with van der Waals surface area (Å²) in [6.07, 6.45) is 3.48. The number of aliphatic imine (C=N–C) groups is 1. The van der Waals surface area contributed by atoms with Gasteiger partial charge in [0.05, 0.1) is 6.54 Å². The Morgan fingerprint density at radius 3 is 2.17 bits per heavy atom. The zero-order chi connectivity index (χ0) is 20.5. The molecule has 0 aliphatic carbocycles. The van der Waals surface area contributed by atoms with Crippen LogP contribution >= 0.6 is 24.0 Å². The molecule has 1 N–H and O–H groups in total. The van der Waals surface area contributed by atoms with Crippen LogP contribution in [0.2, 0.25) is 0 Å². The van der Waals surface area contributed by atoms with Crippen molar-refractivity contribution in [3.8, 4) is 0 Å². The number of rotatable bonds is 6. The molecule has 0 saturated carbocycles. The molecule has 0 atom stereocenters. The van der Waals surface area contributed by atoms with Gasteiger partial charge in [-0.15, -0.1) is 24.0 Å². The van der Waals surface area contributed by atoms with Crippen LogP contribution in [-0.4, -0.2) is 110 Å². The van der Waals surface area contributed by atoms with Crippen molar-refractivity contribution >= 4 is 41.8 Å². The SMILES string of the molecule is C=C(C)CNC(=NCC(=O)N(C)C)N1CCN(CC(=O)N2CCCCC2)CC1.I. The third kappa shape index (κ3) is 8.90. The molecule has 2 fully saturated rings. The smallest absolute Gasteiger partial charge is 0.243 e. The van der Waals surface area contributed by atoms with Gasteiger partial charge in [-0.3, -0.25) is 14.5 Å². The lowest BCUT2D eigenvalue weighted by molar-refractivity contribution is -0.133. The van der Waals surface area contributed by atoms with E-state index in [2.05, 4.69) is 26.7 Å². The summed E-state index contributed by atoms with van der Waals surface area (Å²) < 4.78 is 0. The van der Waals surface area contributed by atoms with Gasteiger partial charge in [-0.1, -0.05) is 12.2 Å². The summed E-state index contributed by atoms with van der Waals surface area (Å²) in [7, 11) is 3.47. The maximum Gasteiger partial charge on any atom is 0.243 e. The second kappa shape index (κ2) is 13.0. The van der Waals surface area contributed by atoms with Gasteiger partial charge in [-0.25, -0.2) is 4.99 Å². The van der Waals surface area contributed by atoms with Crippen molar-refractivity contribution in [3.05, 3.63) is 12.2 Å². The Balaban J connectivity index is 0.00000420. The normalized spacial score (nSPS) is 18.1. The topological polar surface area (TPSA) is 71.5 Å². The monoisotopic (exact) mass is 520 g/mol. The van der Waals surface area contributed by atoms with Gasteiger partial charge in [0.1, 0.15) is 6.54 Å². The van der Waals surface area contributed by atoms with E-state index < -0.39 is 0 Å². The van der Waals surface area contributed by atoms with Crippen LogP contribution in [0.15, 0.2) is 17.1 Å². The summed E-state index contributed by atoms with van der Waals surface area (Å²) in [5, 5.41) is 3.30. The number of halogens is 1. The maximum absolute atomic E-state index is 12.5. The number of nitrogens with one attached hydrogen (secondary N) is 1. The summed E-state index contributed by atoms with van der Waals surface area (Å²) in [6.45, 7) is 12.1. The number of guanidine groups is 1. The molecule has 2 aliphatic rings. The van der Waals surface area contributed by atoms with Gasteiger partial charge in [0.25, 0.3) is 0 Å². The van der Waals surface area contributed by atoms with E-state index in [4.69, 9.17) is 0 Å². The first-order chi connectivity index (χ1) is 13.4. The highest BCUT2D eigenvalue weighted by molar-refractivity contribution is 14.0. The van der Waals surface area contributed by atoms with Gasteiger partial charge >= 0.3 is 0 Å². The van der Waals surface area contributed by atoms with Crippen molar-refractivity contribution in [2.45, 2.75) is 26.2 Å². The number of hydrogen-bond acceptors (Lipinski definition) is 4. The molecule has 166 valence electrons. The lowest BCUT2D eigenvalue weighted by Crippen LogP contribution is -2.54. The van der Waals surface area contributed by atoms with Crippen LogP contribution in [0.25, 0.3) is 0 Å². The Labute approximate surface area is 192 Å². The zero-order valence-corrected chi connectivity index (χ0v) is 20.5. The number of carbonyl (C=O) groups is 2. The van der Waals surface area contributed by atoms with Crippen molar-refractivity contribution in [2.24, 2.45) is 4.99 Å². The molecule has 2 aliphatic heterocycles. The Hall–Kier alpha value is -1.36. The lowest BCUT2D eigenvalue weighted by Gasteiger charge is -2.37. The minimum atomic E-state index is -0.0274. The van der Waals surface area contributed by atoms with E-state index in [-0.39, 0.29) is 42.3 Å². The third-order valence-electron chi connectivity index (χ3n) is 5.15. The van der Waals surface area contributed by atoms with Crippen molar-refractivity contribution in [3.63, 3.8) is 0 Å². The largest absolute Gasteiger partial charge is 0.353 e. The molecule has 0 radical (unpaired) electrons. The van der Waals surface area contributed by atoms with Crippen LogP contribution in [0.1, 0.15) is 26.2 Å². The van der Waals surface area contributed by atoms with Crippen molar-refractivity contribution in [1.29, 1.82) is 0 Å². The quantitative estimate of drug-likeness (QED) is 0.244. The number of piperazine rings is 1. The molecule has 2 saturated heterocycles. The number of hydrogen-bond donors (Lipinski definition) is 1. The molecular formula is C20H37IN6O2. The van der Waals surface area contributed by atoms with Crippen molar-refractivity contribution in [1.82, 2.24) is 24.9 Å². The highest BCUT2D eigenvalue weighted by atomic mass is 127. The highest BCUT2D eigenvalue weighted by Crippen LogP contribution is 2.10. The summed E-state index contributed by atoms with van der Waals surface area (Å²) in [4.78, 5) is 36.8. The van der Waals surface area contributed by atoms with Gasteiger partial charge in [-0.2, -0.15) is 0 Å². The van der Waals surface area contributed by atoms with Crippen molar-refractivity contribution < 1.29 is 9.59 Å². The number of likely N-dealkylation sites (tertiary alicyclic amines) is 1. The first kappa shape index (κ1) is 25.7. The summed E-state index contributed by atoms with van der Waals surface area (Å²) >= 11 is 0. The van der Waals surface area contributed by atoms with Gasteiger partial charge in [-0.05, 0) is 26.2 Å². The van der Waals surface area contributed by atoms with E-state index in [1.165, 1.54) is 6.42 Å². The summed E-state index contributed by atoms with van der Waals surface area (Å²) in [5.74, 6) is 0.958. The molecular weight excluding hydrogens is 483 g/mol. The Morgan fingerprint density at radius 2 is 1.62 bits per heavy atom. The third-order valence-corrected chi connectivity index (χ3v) is 5.15.